The van der Waals surface area contributed by atoms with Crippen molar-refractivity contribution in [2.24, 2.45) is 0 Å². The first kappa shape index (κ1) is 18.5. The highest BCUT2D eigenvalue weighted by Gasteiger charge is 2.17. The van der Waals surface area contributed by atoms with Gasteiger partial charge in [0.05, 0.1) is 6.54 Å². The van der Waals surface area contributed by atoms with Crippen LogP contribution in [0, 0.1) is 0 Å². The maximum Gasteiger partial charge on any atom is 0.251 e. The average molecular weight is 369 g/mol. The predicted octanol–water partition coefficient (Wildman–Crippen LogP) is 3.82. The van der Waals surface area contributed by atoms with Crippen molar-refractivity contribution in [3.8, 4) is 11.1 Å². The number of carbonyl (C=O) groups excluding carboxylic acids is 2. The van der Waals surface area contributed by atoms with E-state index in [0.29, 0.717) is 5.56 Å². The molecule has 2 aromatic rings. The van der Waals surface area contributed by atoms with Crippen molar-refractivity contribution in [1.29, 1.82) is 0 Å². The average Bonchev–Trinajstić information content (AvgIpc) is 2.72. The molecule has 2 aromatic carbocycles. The first-order valence-electron chi connectivity index (χ1n) is 8.98. The number of likely N-dealkylation sites (tertiary alicyclic amines) is 1. The summed E-state index contributed by atoms with van der Waals surface area (Å²) in [4.78, 5) is 27.7. The quantitative estimate of drug-likeness (QED) is 0.816. The van der Waals surface area contributed by atoms with Crippen molar-refractivity contribution in [2.75, 3.05) is 25.9 Å². The molecule has 0 radical (unpaired) electrons. The van der Waals surface area contributed by atoms with Crippen LogP contribution in [0.25, 0.3) is 11.1 Å². The van der Waals surface area contributed by atoms with Crippen molar-refractivity contribution >= 4 is 23.6 Å². The molecule has 3 rings (SSSR count). The van der Waals surface area contributed by atoms with Crippen molar-refractivity contribution < 1.29 is 9.59 Å². The summed E-state index contributed by atoms with van der Waals surface area (Å²) in [5.74, 6) is -0.209. The fourth-order valence-corrected chi connectivity index (χ4v) is 3.54. The molecule has 136 valence electrons. The van der Waals surface area contributed by atoms with Gasteiger partial charge in [-0.1, -0.05) is 24.3 Å². The number of rotatable bonds is 5. The third kappa shape index (κ3) is 4.67. The van der Waals surface area contributed by atoms with Gasteiger partial charge in [-0.25, -0.2) is 0 Å². The van der Waals surface area contributed by atoms with E-state index in [-0.39, 0.29) is 18.4 Å². The minimum atomic E-state index is -0.210. The Balaban J connectivity index is 1.63. The molecule has 0 unspecified atom stereocenters. The van der Waals surface area contributed by atoms with Gasteiger partial charge in [0, 0.05) is 23.5 Å². The number of piperidine rings is 1. The summed E-state index contributed by atoms with van der Waals surface area (Å²) in [7, 11) is 0. The predicted molar refractivity (Wildman–Crippen MR) is 106 cm³/mol. The molecule has 1 aliphatic heterocycles. The molecule has 0 aromatic heterocycles. The number of carbonyl (C=O) groups is 2. The van der Waals surface area contributed by atoms with Crippen LogP contribution in [-0.4, -0.2) is 42.6 Å². The van der Waals surface area contributed by atoms with Gasteiger partial charge in [0.1, 0.15) is 0 Å². The lowest BCUT2D eigenvalue weighted by atomic mass is 10.0. The van der Waals surface area contributed by atoms with Crippen LogP contribution < -0.4 is 5.32 Å². The number of benzene rings is 2. The highest BCUT2D eigenvalue weighted by Crippen LogP contribution is 2.23. The van der Waals surface area contributed by atoms with E-state index in [1.165, 1.54) is 11.3 Å². The Hall–Kier alpha value is -2.27. The second-order valence-electron chi connectivity index (χ2n) is 6.43. The van der Waals surface area contributed by atoms with E-state index in [4.69, 9.17) is 0 Å². The second-order valence-corrected chi connectivity index (χ2v) is 7.31. The molecule has 4 nitrogen and oxygen atoms in total. The summed E-state index contributed by atoms with van der Waals surface area (Å²) in [5, 5.41) is 2.76. The molecule has 1 aliphatic rings. The Morgan fingerprint density at radius 1 is 1.00 bits per heavy atom. The van der Waals surface area contributed by atoms with Gasteiger partial charge < -0.3 is 10.2 Å². The van der Waals surface area contributed by atoms with Gasteiger partial charge in [-0.3, -0.25) is 9.59 Å². The van der Waals surface area contributed by atoms with Crippen LogP contribution in [0.3, 0.4) is 0 Å². The van der Waals surface area contributed by atoms with Gasteiger partial charge in [0.2, 0.25) is 5.91 Å². The minimum Gasteiger partial charge on any atom is -0.343 e. The summed E-state index contributed by atoms with van der Waals surface area (Å²) in [6, 6.07) is 15.8. The zero-order valence-corrected chi connectivity index (χ0v) is 15.8. The summed E-state index contributed by atoms with van der Waals surface area (Å²) >= 11 is 1.70. The lowest BCUT2D eigenvalue weighted by Crippen LogP contribution is -2.42. The Labute approximate surface area is 159 Å². The summed E-state index contributed by atoms with van der Waals surface area (Å²) in [6.45, 7) is 1.66. The molecular weight excluding hydrogens is 344 g/mol. The lowest BCUT2D eigenvalue weighted by Gasteiger charge is -2.26. The Bertz CT molecular complexity index is 768. The van der Waals surface area contributed by atoms with Gasteiger partial charge in [0.25, 0.3) is 5.91 Å². The van der Waals surface area contributed by atoms with Crippen LogP contribution in [0.2, 0.25) is 0 Å². The first-order chi connectivity index (χ1) is 12.7. The summed E-state index contributed by atoms with van der Waals surface area (Å²) < 4.78 is 0. The van der Waals surface area contributed by atoms with Gasteiger partial charge in [-0.2, -0.15) is 0 Å². The number of nitrogens with zero attached hydrogens (tertiary/aromatic N) is 1. The monoisotopic (exact) mass is 368 g/mol. The molecule has 1 saturated heterocycles. The van der Waals surface area contributed by atoms with Crippen molar-refractivity contribution in [1.82, 2.24) is 10.2 Å². The summed E-state index contributed by atoms with van der Waals surface area (Å²) in [5.41, 5.74) is 2.64. The SMILES string of the molecule is CSc1ccc(-c2cccc(C(=O)NCC(=O)N3CCCCC3)c2)cc1. The van der Waals surface area contributed by atoms with Crippen molar-refractivity contribution in [3.63, 3.8) is 0 Å². The van der Waals surface area contributed by atoms with E-state index in [2.05, 4.69) is 29.6 Å². The lowest BCUT2D eigenvalue weighted by molar-refractivity contribution is -0.130. The zero-order chi connectivity index (χ0) is 18.4. The van der Waals surface area contributed by atoms with Crippen molar-refractivity contribution in [3.05, 3.63) is 54.1 Å². The molecule has 0 aliphatic carbocycles. The number of thioether (sulfide) groups is 1. The van der Waals surface area contributed by atoms with E-state index in [0.717, 1.165) is 37.1 Å². The third-order valence-electron chi connectivity index (χ3n) is 4.66. The maximum absolute atomic E-state index is 12.4. The van der Waals surface area contributed by atoms with E-state index in [1.54, 1.807) is 17.8 Å². The molecule has 0 atom stereocenters. The molecule has 5 heteroatoms. The Morgan fingerprint density at radius 3 is 2.42 bits per heavy atom. The largest absolute Gasteiger partial charge is 0.343 e. The van der Waals surface area contributed by atoms with Crippen LogP contribution in [0.4, 0.5) is 0 Å². The van der Waals surface area contributed by atoms with Gasteiger partial charge in [-0.15, -0.1) is 11.8 Å². The van der Waals surface area contributed by atoms with Crippen molar-refractivity contribution in [2.45, 2.75) is 24.2 Å². The highest BCUT2D eigenvalue weighted by molar-refractivity contribution is 7.98. The third-order valence-corrected chi connectivity index (χ3v) is 5.40. The molecule has 1 N–H and O–H groups in total. The van der Waals surface area contributed by atoms with Crippen LogP contribution in [0.5, 0.6) is 0 Å². The number of amides is 2. The topological polar surface area (TPSA) is 49.4 Å². The zero-order valence-electron chi connectivity index (χ0n) is 15.0. The molecule has 2 amide bonds. The van der Waals surface area contributed by atoms with Gasteiger partial charge >= 0.3 is 0 Å². The maximum atomic E-state index is 12.4. The molecule has 1 fully saturated rings. The molecule has 0 spiro atoms. The van der Waals surface area contributed by atoms with Crippen LogP contribution in [0.1, 0.15) is 29.6 Å². The van der Waals surface area contributed by atoms with E-state index in [9.17, 15) is 9.59 Å². The van der Waals surface area contributed by atoms with E-state index < -0.39 is 0 Å². The minimum absolute atomic E-state index is 0.00172. The molecule has 0 saturated carbocycles. The van der Waals surface area contributed by atoms with E-state index >= 15 is 0 Å². The normalized spacial score (nSPS) is 14.1. The molecule has 0 bridgehead atoms. The first-order valence-corrected chi connectivity index (χ1v) is 10.2. The molecule has 26 heavy (non-hydrogen) atoms. The number of hydrogen-bond donors (Lipinski definition) is 1. The fraction of sp³-hybridized carbons (Fsp3) is 0.333. The second kappa shape index (κ2) is 8.90. The highest BCUT2D eigenvalue weighted by atomic mass is 32.2. The Morgan fingerprint density at radius 2 is 1.73 bits per heavy atom. The summed E-state index contributed by atoms with van der Waals surface area (Å²) in [6.07, 6.45) is 5.33. The van der Waals surface area contributed by atoms with Crippen LogP contribution in [-0.2, 0) is 4.79 Å². The van der Waals surface area contributed by atoms with Gasteiger partial charge in [-0.05, 0) is 60.9 Å². The smallest absolute Gasteiger partial charge is 0.251 e. The molecule has 1 heterocycles. The van der Waals surface area contributed by atoms with Gasteiger partial charge in [0.15, 0.2) is 0 Å². The number of nitrogens with one attached hydrogen (secondary N) is 1. The van der Waals surface area contributed by atoms with Crippen LogP contribution >= 0.6 is 11.8 Å². The number of hydrogen-bond acceptors (Lipinski definition) is 3. The molecular formula is C21H24N2O2S. The Kier molecular flexibility index (Phi) is 6.34. The standard InChI is InChI=1S/C21H24N2O2S/c1-26-19-10-8-16(9-11-19)17-6-5-7-18(14-17)21(25)22-15-20(24)23-12-3-2-4-13-23/h5-11,14H,2-4,12-13,15H2,1H3,(H,22,25). The van der Waals surface area contributed by atoms with Crippen LogP contribution in [0.15, 0.2) is 53.4 Å². The fourth-order valence-electron chi connectivity index (χ4n) is 3.14. The van der Waals surface area contributed by atoms with E-state index in [1.807, 2.05) is 29.4 Å².